The maximum Gasteiger partial charge on any atom is 0.166 e. The quantitative estimate of drug-likeness (QED) is 0.854. The van der Waals surface area contributed by atoms with Gasteiger partial charge in [-0.2, -0.15) is 5.26 Å². The normalized spacial score (nSPS) is 10.1. The maximum absolute atomic E-state index is 8.96. The monoisotopic (exact) mass is 338 g/mol. The molecule has 0 atom stereocenters. The van der Waals surface area contributed by atoms with Crippen LogP contribution in [0.4, 0.5) is 0 Å². The summed E-state index contributed by atoms with van der Waals surface area (Å²) in [4.78, 5) is 4.29. The molecule has 0 saturated carbocycles. The number of halogens is 1. The van der Waals surface area contributed by atoms with E-state index in [0.717, 1.165) is 21.9 Å². The van der Waals surface area contributed by atoms with Crippen LogP contribution in [0.2, 0.25) is 0 Å². The Hall–Kier alpha value is -1.58. The Morgan fingerprint density at radius 2 is 1.95 bits per heavy atom. The minimum absolute atomic E-state index is 0.376. The molecule has 6 heteroatoms. The highest BCUT2D eigenvalue weighted by molar-refractivity contribution is 9.11. The minimum atomic E-state index is 0.376. The average Bonchev–Trinajstić information content (AvgIpc) is 2.79. The first kappa shape index (κ1) is 13.8. The van der Waals surface area contributed by atoms with Crippen LogP contribution in [0.3, 0.4) is 0 Å². The molecule has 0 aliphatic heterocycles. The summed E-state index contributed by atoms with van der Waals surface area (Å²) in [5, 5.41) is 9.68. The van der Waals surface area contributed by atoms with Gasteiger partial charge in [0.25, 0.3) is 0 Å². The fourth-order valence-electron chi connectivity index (χ4n) is 1.70. The summed E-state index contributed by atoms with van der Waals surface area (Å²) >= 11 is 4.73. The van der Waals surface area contributed by atoms with E-state index in [1.54, 1.807) is 14.2 Å². The molecule has 0 N–H and O–H groups in total. The highest BCUT2D eigenvalue weighted by Gasteiger charge is 2.16. The van der Waals surface area contributed by atoms with Gasteiger partial charge in [0.05, 0.1) is 19.8 Å². The lowest BCUT2D eigenvalue weighted by Gasteiger charge is -2.11. The highest BCUT2D eigenvalue weighted by Crippen LogP contribution is 2.39. The van der Waals surface area contributed by atoms with Crippen molar-refractivity contribution in [1.29, 1.82) is 5.26 Å². The van der Waals surface area contributed by atoms with Gasteiger partial charge >= 0.3 is 0 Å². The van der Waals surface area contributed by atoms with Crippen LogP contribution in [-0.2, 0) is 0 Å². The van der Waals surface area contributed by atoms with E-state index in [-0.39, 0.29) is 0 Å². The summed E-state index contributed by atoms with van der Waals surface area (Å²) in [6.07, 6.45) is 0. The topological polar surface area (TPSA) is 55.1 Å². The van der Waals surface area contributed by atoms with Crippen molar-refractivity contribution in [2.24, 2.45) is 0 Å². The van der Waals surface area contributed by atoms with Gasteiger partial charge in [0.2, 0.25) is 0 Å². The Balaban J connectivity index is 2.63. The molecule has 2 rings (SSSR count). The van der Waals surface area contributed by atoms with E-state index in [2.05, 4.69) is 20.9 Å². The van der Waals surface area contributed by atoms with Gasteiger partial charge < -0.3 is 9.47 Å². The first-order valence-electron chi connectivity index (χ1n) is 5.40. The molecule has 0 saturated heterocycles. The molecule has 0 aliphatic rings. The average molecular weight is 339 g/mol. The van der Waals surface area contributed by atoms with Crippen LogP contribution >= 0.6 is 27.3 Å². The van der Waals surface area contributed by atoms with Crippen LogP contribution in [0, 0.1) is 18.3 Å². The summed E-state index contributed by atoms with van der Waals surface area (Å²) in [6, 6.07) is 5.82. The van der Waals surface area contributed by atoms with Crippen molar-refractivity contribution in [2.75, 3.05) is 14.2 Å². The molecule has 1 aromatic heterocycles. The molecule has 98 valence electrons. The van der Waals surface area contributed by atoms with E-state index in [4.69, 9.17) is 14.7 Å². The molecular formula is C13H11BrN2O2S. The van der Waals surface area contributed by atoms with E-state index < -0.39 is 0 Å². The van der Waals surface area contributed by atoms with Crippen molar-refractivity contribution >= 4 is 27.3 Å². The molecule has 1 aromatic carbocycles. The number of benzene rings is 1. The van der Waals surface area contributed by atoms with Crippen molar-refractivity contribution < 1.29 is 9.47 Å². The first-order chi connectivity index (χ1) is 9.10. The number of aromatic nitrogens is 1. The smallest absolute Gasteiger partial charge is 0.166 e. The van der Waals surface area contributed by atoms with Crippen LogP contribution in [0.1, 0.15) is 11.3 Å². The molecule has 0 unspecified atom stereocenters. The van der Waals surface area contributed by atoms with Gasteiger partial charge in [0.15, 0.2) is 5.69 Å². The number of nitrogens with zero attached hydrogens (tertiary/aromatic N) is 2. The molecule has 0 radical (unpaired) electrons. The molecule has 0 amide bonds. The fraction of sp³-hybridized carbons (Fsp3) is 0.231. The van der Waals surface area contributed by atoms with E-state index in [9.17, 15) is 0 Å². The van der Waals surface area contributed by atoms with E-state index >= 15 is 0 Å². The number of thiazole rings is 1. The number of hydrogen-bond donors (Lipinski definition) is 0. The Morgan fingerprint density at radius 1 is 1.26 bits per heavy atom. The summed E-state index contributed by atoms with van der Waals surface area (Å²) in [6.45, 7) is 1.95. The second-order valence-electron chi connectivity index (χ2n) is 3.78. The van der Waals surface area contributed by atoms with E-state index in [0.29, 0.717) is 15.2 Å². The number of rotatable bonds is 3. The Morgan fingerprint density at radius 3 is 2.47 bits per heavy atom. The van der Waals surface area contributed by atoms with Crippen LogP contribution in [-0.4, -0.2) is 19.2 Å². The number of methoxy groups -OCH3 is 2. The Labute approximate surface area is 123 Å². The minimum Gasteiger partial charge on any atom is -0.496 e. The zero-order chi connectivity index (χ0) is 14.0. The van der Waals surface area contributed by atoms with Crippen molar-refractivity contribution in [3.8, 4) is 28.1 Å². The third-order valence-electron chi connectivity index (χ3n) is 2.64. The summed E-state index contributed by atoms with van der Waals surface area (Å²) < 4.78 is 11.4. The predicted molar refractivity (Wildman–Crippen MR) is 77.8 cm³/mol. The molecule has 2 aromatic rings. The van der Waals surface area contributed by atoms with Crippen LogP contribution in [0.15, 0.2) is 15.9 Å². The van der Waals surface area contributed by atoms with Gasteiger partial charge in [-0.3, -0.25) is 0 Å². The zero-order valence-electron chi connectivity index (χ0n) is 10.7. The second-order valence-corrected chi connectivity index (χ2v) is 6.09. The molecule has 0 bridgehead atoms. The van der Waals surface area contributed by atoms with Gasteiger partial charge in [-0.15, -0.1) is 11.3 Å². The molecule has 0 fully saturated rings. The van der Waals surface area contributed by atoms with Crippen LogP contribution < -0.4 is 9.47 Å². The third-order valence-corrected chi connectivity index (χ3v) is 4.38. The number of nitriles is 1. The lowest BCUT2D eigenvalue weighted by Crippen LogP contribution is -1.93. The molecule has 0 aliphatic carbocycles. The zero-order valence-corrected chi connectivity index (χ0v) is 13.1. The fourth-order valence-corrected chi connectivity index (χ4v) is 3.10. The Kier molecular flexibility index (Phi) is 4.08. The molecule has 19 heavy (non-hydrogen) atoms. The van der Waals surface area contributed by atoms with Crippen molar-refractivity contribution in [1.82, 2.24) is 4.98 Å². The van der Waals surface area contributed by atoms with Crippen molar-refractivity contribution in [3.63, 3.8) is 0 Å². The van der Waals surface area contributed by atoms with Gasteiger partial charge in [0.1, 0.15) is 26.4 Å². The lowest BCUT2D eigenvalue weighted by atomic mass is 10.1. The third kappa shape index (κ3) is 2.57. The SMILES string of the molecule is COc1cc(-c2nc(C#N)c(Br)s2)c(OC)cc1C. The van der Waals surface area contributed by atoms with Gasteiger partial charge in [-0.1, -0.05) is 0 Å². The van der Waals surface area contributed by atoms with Gasteiger partial charge in [-0.05, 0) is 40.5 Å². The number of ether oxygens (including phenoxy) is 2. The summed E-state index contributed by atoms with van der Waals surface area (Å²) in [7, 11) is 3.23. The predicted octanol–water partition coefficient (Wildman–Crippen LogP) is 3.77. The molecule has 1 heterocycles. The summed E-state index contributed by atoms with van der Waals surface area (Å²) in [5.74, 6) is 1.48. The standard InChI is InChI=1S/C13H11BrN2O2S/c1-7-4-11(18-3)8(5-10(7)17-2)13-16-9(6-15)12(14)19-13/h4-5H,1-3H3. The van der Waals surface area contributed by atoms with Gasteiger partial charge in [0, 0.05) is 0 Å². The molecule has 4 nitrogen and oxygen atoms in total. The van der Waals surface area contributed by atoms with Crippen molar-refractivity contribution in [2.45, 2.75) is 6.92 Å². The maximum atomic E-state index is 8.96. The first-order valence-corrected chi connectivity index (χ1v) is 7.01. The molecule has 0 spiro atoms. The van der Waals surface area contributed by atoms with Crippen molar-refractivity contribution in [3.05, 3.63) is 27.2 Å². The van der Waals surface area contributed by atoms with Gasteiger partial charge in [-0.25, -0.2) is 4.98 Å². The Bertz CT molecular complexity index is 661. The second kappa shape index (κ2) is 5.59. The van der Waals surface area contributed by atoms with E-state index in [1.807, 2.05) is 25.1 Å². The molecular weight excluding hydrogens is 328 g/mol. The number of hydrogen-bond acceptors (Lipinski definition) is 5. The number of aryl methyl sites for hydroxylation is 1. The van der Waals surface area contributed by atoms with E-state index in [1.165, 1.54) is 11.3 Å². The highest BCUT2D eigenvalue weighted by atomic mass is 79.9. The van der Waals surface area contributed by atoms with Crippen LogP contribution in [0.5, 0.6) is 11.5 Å². The van der Waals surface area contributed by atoms with Crippen LogP contribution in [0.25, 0.3) is 10.6 Å². The summed E-state index contributed by atoms with van der Waals surface area (Å²) in [5.41, 5.74) is 2.18. The lowest BCUT2D eigenvalue weighted by molar-refractivity contribution is 0.402. The largest absolute Gasteiger partial charge is 0.496 e.